The minimum atomic E-state index is 0. The first-order chi connectivity index (χ1) is 7.74. The Kier molecular flexibility index (Phi) is 12.1. The zero-order valence-corrected chi connectivity index (χ0v) is 14.5. The van der Waals surface area contributed by atoms with Gasteiger partial charge in [0, 0.05) is 31.2 Å². The number of nitrogens with zero attached hydrogens (tertiary/aromatic N) is 2. The Hall–Kier alpha value is 0.750. The Bertz CT molecular complexity index is 213. The van der Waals surface area contributed by atoms with Gasteiger partial charge in [-0.2, -0.15) is 0 Å². The Morgan fingerprint density at radius 1 is 1.00 bits per heavy atom. The first-order valence-corrected chi connectivity index (χ1v) is 6.98. The van der Waals surface area contributed by atoms with Gasteiger partial charge >= 0.3 is 0 Å². The lowest BCUT2D eigenvalue weighted by Gasteiger charge is -2.38. The monoisotopic (exact) mass is 333 g/mol. The molecule has 0 saturated carbocycles. The van der Waals surface area contributed by atoms with Crippen LogP contribution in [0, 0.1) is 0 Å². The van der Waals surface area contributed by atoms with Crippen molar-refractivity contribution >= 4 is 37.2 Å². The van der Waals surface area contributed by atoms with Crippen LogP contribution in [0.15, 0.2) is 0 Å². The van der Waals surface area contributed by atoms with Crippen molar-refractivity contribution in [3.05, 3.63) is 0 Å². The molecule has 2 heterocycles. The number of hydrogen-bond acceptors (Lipinski definition) is 3. The highest BCUT2D eigenvalue weighted by atomic mass is 35.5. The Morgan fingerprint density at radius 2 is 1.47 bits per heavy atom. The van der Waals surface area contributed by atoms with Crippen molar-refractivity contribution in [1.29, 1.82) is 0 Å². The molecule has 1 unspecified atom stereocenters. The van der Waals surface area contributed by atoms with Crippen LogP contribution in [0.25, 0.3) is 0 Å². The molecule has 2 bridgehead atoms. The van der Waals surface area contributed by atoms with Crippen LogP contribution in [0.1, 0.15) is 39.5 Å². The zero-order chi connectivity index (χ0) is 11.5. The van der Waals surface area contributed by atoms with Crippen LogP contribution in [0.3, 0.4) is 0 Å². The highest BCUT2D eigenvalue weighted by Gasteiger charge is 2.39. The van der Waals surface area contributed by atoms with Gasteiger partial charge in [-0.15, -0.1) is 37.2 Å². The number of halogens is 3. The summed E-state index contributed by atoms with van der Waals surface area (Å²) in [5.41, 5.74) is 6.09. The summed E-state index contributed by atoms with van der Waals surface area (Å²) in [6.07, 6.45) is 5.23. The number of nitrogens with two attached hydrogens (primary N) is 1. The van der Waals surface area contributed by atoms with Crippen LogP contribution in [0.4, 0.5) is 0 Å². The fraction of sp³-hybridized carbons (Fsp3) is 1.00. The van der Waals surface area contributed by atoms with Gasteiger partial charge in [-0.05, 0) is 38.8 Å². The van der Waals surface area contributed by atoms with Gasteiger partial charge in [-0.25, -0.2) is 0 Å². The van der Waals surface area contributed by atoms with E-state index in [2.05, 4.69) is 23.6 Å². The smallest absolute Gasteiger partial charge is 0.0115 e. The summed E-state index contributed by atoms with van der Waals surface area (Å²) in [5.74, 6) is 0. The topological polar surface area (TPSA) is 32.5 Å². The largest absolute Gasteiger partial charge is 0.328 e. The standard InChI is InChI=1S/C13H27N3.3ClH/c1-3-15(4-2)7-8-16-12-5-6-13(16)10-11(14)9-12;;;/h11-13H,3-10,14H2,1-2H3;3*1H/t11?,12-,13+;;;. The molecule has 3 atom stereocenters. The summed E-state index contributed by atoms with van der Waals surface area (Å²) >= 11 is 0. The number of piperidine rings is 1. The number of fused-ring (bicyclic) bond motifs is 2. The Labute approximate surface area is 136 Å². The van der Waals surface area contributed by atoms with Crippen LogP contribution in [-0.4, -0.2) is 54.1 Å². The van der Waals surface area contributed by atoms with E-state index in [4.69, 9.17) is 5.73 Å². The predicted molar refractivity (Wildman–Crippen MR) is 90.3 cm³/mol. The second kappa shape index (κ2) is 10.5. The first kappa shape index (κ1) is 22.0. The normalized spacial score (nSPS) is 29.4. The summed E-state index contributed by atoms with van der Waals surface area (Å²) in [5, 5.41) is 0. The molecule has 6 heteroatoms. The maximum Gasteiger partial charge on any atom is 0.0115 e. The molecule has 0 spiro atoms. The average Bonchev–Trinajstić information content (AvgIpc) is 2.53. The zero-order valence-electron chi connectivity index (χ0n) is 12.1. The maximum absolute atomic E-state index is 6.09. The van der Waals surface area contributed by atoms with Crippen LogP contribution in [0.2, 0.25) is 0 Å². The van der Waals surface area contributed by atoms with Crippen LogP contribution in [0.5, 0.6) is 0 Å². The third-order valence-electron chi connectivity index (χ3n) is 4.49. The molecule has 0 aromatic heterocycles. The van der Waals surface area contributed by atoms with E-state index in [0.29, 0.717) is 6.04 Å². The maximum atomic E-state index is 6.09. The summed E-state index contributed by atoms with van der Waals surface area (Å²) in [6.45, 7) is 9.35. The number of rotatable bonds is 5. The quantitative estimate of drug-likeness (QED) is 0.838. The molecule has 0 radical (unpaired) electrons. The van der Waals surface area contributed by atoms with Gasteiger partial charge in [0.1, 0.15) is 0 Å². The molecule has 2 N–H and O–H groups in total. The summed E-state index contributed by atoms with van der Waals surface area (Å²) in [7, 11) is 0. The lowest BCUT2D eigenvalue weighted by atomic mass is 9.98. The molecule has 2 aliphatic heterocycles. The minimum Gasteiger partial charge on any atom is -0.328 e. The lowest BCUT2D eigenvalue weighted by Crippen LogP contribution is -2.49. The molecule has 0 amide bonds. The molecule has 2 saturated heterocycles. The van der Waals surface area contributed by atoms with E-state index >= 15 is 0 Å². The Balaban J connectivity index is 0. The predicted octanol–water partition coefficient (Wildman–Crippen LogP) is 2.55. The van der Waals surface area contributed by atoms with Crippen LogP contribution >= 0.6 is 37.2 Å². The highest BCUT2D eigenvalue weighted by molar-refractivity contribution is 5.86. The van der Waals surface area contributed by atoms with E-state index in [-0.39, 0.29) is 37.2 Å². The minimum absolute atomic E-state index is 0. The van der Waals surface area contributed by atoms with E-state index in [1.807, 2.05) is 0 Å². The van der Waals surface area contributed by atoms with E-state index in [1.165, 1.54) is 51.9 Å². The summed E-state index contributed by atoms with van der Waals surface area (Å²) in [6, 6.07) is 2.07. The molecular formula is C13H30Cl3N3. The second-order valence-electron chi connectivity index (χ2n) is 5.38. The number of hydrogen-bond donors (Lipinski definition) is 1. The fourth-order valence-corrected chi connectivity index (χ4v) is 3.48. The first-order valence-electron chi connectivity index (χ1n) is 6.98. The van der Waals surface area contributed by atoms with Crippen molar-refractivity contribution in [2.75, 3.05) is 26.2 Å². The van der Waals surface area contributed by atoms with Crippen molar-refractivity contribution < 1.29 is 0 Å². The van der Waals surface area contributed by atoms with Crippen molar-refractivity contribution in [1.82, 2.24) is 9.80 Å². The fourth-order valence-electron chi connectivity index (χ4n) is 3.48. The van der Waals surface area contributed by atoms with E-state index in [0.717, 1.165) is 12.1 Å². The molecule has 2 aliphatic rings. The third-order valence-corrected chi connectivity index (χ3v) is 4.49. The van der Waals surface area contributed by atoms with E-state index in [9.17, 15) is 0 Å². The second-order valence-corrected chi connectivity index (χ2v) is 5.38. The van der Waals surface area contributed by atoms with Crippen LogP contribution < -0.4 is 5.73 Å². The van der Waals surface area contributed by atoms with Crippen LogP contribution in [-0.2, 0) is 0 Å². The summed E-state index contributed by atoms with van der Waals surface area (Å²) < 4.78 is 0. The Morgan fingerprint density at radius 3 is 1.89 bits per heavy atom. The third kappa shape index (κ3) is 5.56. The molecule has 2 rings (SSSR count). The van der Waals surface area contributed by atoms with Gasteiger partial charge in [0.15, 0.2) is 0 Å². The molecule has 0 aromatic rings. The average molecular weight is 335 g/mol. The SMILES string of the molecule is CCN(CC)CCN1[C@@H]2CC[C@H]1CC(N)C2.Cl.Cl.Cl. The highest BCUT2D eigenvalue weighted by Crippen LogP contribution is 2.34. The van der Waals surface area contributed by atoms with Gasteiger partial charge in [0.25, 0.3) is 0 Å². The van der Waals surface area contributed by atoms with E-state index in [1.54, 1.807) is 0 Å². The molecular weight excluding hydrogens is 305 g/mol. The lowest BCUT2D eigenvalue weighted by molar-refractivity contribution is 0.111. The van der Waals surface area contributed by atoms with Crippen molar-refractivity contribution in [2.24, 2.45) is 5.73 Å². The van der Waals surface area contributed by atoms with Gasteiger partial charge < -0.3 is 10.6 Å². The molecule has 2 fully saturated rings. The van der Waals surface area contributed by atoms with Gasteiger partial charge in [-0.3, -0.25) is 4.90 Å². The van der Waals surface area contributed by atoms with Gasteiger partial charge in [0.05, 0.1) is 0 Å². The molecule has 19 heavy (non-hydrogen) atoms. The molecule has 118 valence electrons. The van der Waals surface area contributed by atoms with Crippen molar-refractivity contribution in [3.8, 4) is 0 Å². The van der Waals surface area contributed by atoms with E-state index < -0.39 is 0 Å². The van der Waals surface area contributed by atoms with Gasteiger partial charge in [0.2, 0.25) is 0 Å². The molecule has 3 nitrogen and oxygen atoms in total. The van der Waals surface area contributed by atoms with Crippen molar-refractivity contribution in [3.63, 3.8) is 0 Å². The molecule has 0 aliphatic carbocycles. The van der Waals surface area contributed by atoms with Gasteiger partial charge in [-0.1, -0.05) is 13.8 Å². The number of likely N-dealkylation sites (N-methyl/N-ethyl adjacent to an activating group) is 1. The summed E-state index contributed by atoms with van der Waals surface area (Å²) in [4.78, 5) is 5.26. The van der Waals surface area contributed by atoms with Crippen molar-refractivity contribution in [2.45, 2.75) is 57.7 Å². The molecule has 0 aromatic carbocycles.